The molecule has 2 aromatic heterocycles. The standard InChI is InChI=1S/C28H25FN4O5/c1-18(34)30-13-23-16-33(28(36)38-23)22-8-9-24(25(29)12-22)20-7-10-26-31-21(15-32(26)14-20)11-27(35)37-17-19-5-3-2-4-6-19/h2-10,12,14-15,23H,11,13,16-17H2,1H3,(H,30,34)/t23-/m0/s1. The Bertz CT molecular complexity index is 1500. The van der Waals surface area contributed by atoms with Gasteiger partial charge >= 0.3 is 12.1 Å². The number of hydrogen-bond acceptors (Lipinski definition) is 6. The molecule has 5 rings (SSSR count). The van der Waals surface area contributed by atoms with E-state index in [4.69, 9.17) is 9.47 Å². The smallest absolute Gasteiger partial charge is 0.414 e. The molecule has 1 aliphatic rings. The van der Waals surface area contributed by atoms with Crippen molar-refractivity contribution >= 4 is 29.3 Å². The molecule has 4 aromatic rings. The molecule has 1 aliphatic heterocycles. The van der Waals surface area contributed by atoms with Gasteiger partial charge in [-0.2, -0.15) is 0 Å². The topological polar surface area (TPSA) is 102 Å². The summed E-state index contributed by atoms with van der Waals surface area (Å²) in [6.07, 6.45) is 2.35. The largest absolute Gasteiger partial charge is 0.461 e. The maximum atomic E-state index is 15.1. The second kappa shape index (κ2) is 10.7. The van der Waals surface area contributed by atoms with Crippen LogP contribution in [0.5, 0.6) is 0 Å². The molecule has 0 saturated carbocycles. The van der Waals surface area contributed by atoms with Gasteiger partial charge in [0.1, 0.15) is 24.2 Å². The third kappa shape index (κ3) is 5.64. The number of pyridine rings is 1. The lowest BCUT2D eigenvalue weighted by Crippen LogP contribution is -2.33. The number of rotatable bonds is 8. The number of amides is 2. The average molecular weight is 517 g/mol. The number of imidazole rings is 1. The van der Waals surface area contributed by atoms with Crippen LogP contribution in [0.3, 0.4) is 0 Å². The van der Waals surface area contributed by atoms with Crippen LogP contribution in [0.15, 0.2) is 73.1 Å². The quantitative estimate of drug-likeness (QED) is 0.357. The number of anilines is 1. The van der Waals surface area contributed by atoms with Gasteiger partial charge in [-0.15, -0.1) is 0 Å². The van der Waals surface area contributed by atoms with Crippen LogP contribution in [0.1, 0.15) is 18.2 Å². The van der Waals surface area contributed by atoms with E-state index in [-0.39, 0.29) is 38.0 Å². The zero-order valence-electron chi connectivity index (χ0n) is 20.6. The molecule has 2 amide bonds. The molecule has 1 fully saturated rings. The van der Waals surface area contributed by atoms with Gasteiger partial charge in [-0.25, -0.2) is 14.2 Å². The molecule has 0 bridgehead atoms. The lowest BCUT2D eigenvalue weighted by molar-refractivity contribution is -0.144. The minimum atomic E-state index is -0.595. The molecule has 0 spiro atoms. The highest BCUT2D eigenvalue weighted by molar-refractivity contribution is 5.90. The Morgan fingerprint density at radius 1 is 1.13 bits per heavy atom. The van der Waals surface area contributed by atoms with E-state index in [0.717, 1.165) is 5.56 Å². The van der Waals surface area contributed by atoms with E-state index in [1.54, 1.807) is 41.1 Å². The summed E-state index contributed by atoms with van der Waals surface area (Å²) in [4.78, 5) is 41.4. The maximum absolute atomic E-state index is 15.1. The molecule has 0 aliphatic carbocycles. The SMILES string of the molecule is CC(=O)NC[C@H]1CN(c2ccc(-c3ccc4nc(CC(=O)OCc5ccccc5)cn4c3)c(F)c2)C(=O)O1. The van der Waals surface area contributed by atoms with Crippen LogP contribution in [0.4, 0.5) is 14.9 Å². The van der Waals surface area contributed by atoms with Crippen molar-refractivity contribution in [2.45, 2.75) is 26.1 Å². The second-order valence-electron chi connectivity index (χ2n) is 8.96. The molecule has 0 unspecified atom stereocenters. The molecule has 194 valence electrons. The summed E-state index contributed by atoms with van der Waals surface area (Å²) in [5.74, 6) is -1.12. The molecule has 2 aromatic carbocycles. The van der Waals surface area contributed by atoms with Crippen molar-refractivity contribution < 1.29 is 28.2 Å². The van der Waals surface area contributed by atoms with E-state index in [2.05, 4.69) is 10.3 Å². The van der Waals surface area contributed by atoms with E-state index in [0.29, 0.717) is 28.2 Å². The molecular formula is C28H25FN4O5. The fourth-order valence-corrected chi connectivity index (χ4v) is 4.23. The van der Waals surface area contributed by atoms with Crippen molar-refractivity contribution in [2.24, 2.45) is 0 Å². The minimum absolute atomic E-state index is 0.0156. The van der Waals surface area contributed by atoms with Gasteiger partial charge in [-0.3, -0.25) is 14.5 Å². The Morgan fingerprint density at radius 3 is 2.71 bits per heavy atom. The zero-order valence-corrected chi connectivity index (χ0v) is 20.6. The lowest BCUT2D eigenvalue weighted by atomic mass is 10.1. The first kappa shape index (κ1) is 24.9. The van der Waals surface area contributed by atoms with Crippen molar-refractivity contribution in [3.63, 3.8) is 0 Å². The van der Waals surface area contributed by atoms with Crippen LogP contribution < -0.4 is 10.2 Å². The van der Waals surface area contributed by atoms with Gasteiger partial charge in [0, 0.05) is 30.4 Å². The van der Waals surface area contributed by atoms with Crippen molar-refractivity contribution in [3.05, 3.63) is 90.1 Å². The molecule has 9 nitrogen and oxygen atoms in total. The van der Waals surface area contributed by atoms with Crippen LogP contribution in [0.25, 0.3) is 16.8 Å². The normalized spacial score (nSPS) is 14.9. The van der Waals surface area contributed by atoms with Gasteiger partial charge in [0.05, 0.1) is 30.9 Å². The molecule has 0 radical (unpaired) electrons. The Hall–Kier alpha value is -4.73. The highest BCUT2D eigenvalue weighted by Crippen LogP contribution is 2.29. The summed E-state index contributed by atoms with van der Waals surface area (Å²) >= 11 is 0. The molecule has 1 atom stereocenters. The number of halogens is 1. The maximum Gasteiger partial charge on any atom is 0.414 e. The number of nitrogens with one attached hydrogen (secondary N) is 1. The third-order valence-electron chi connectivity index (χ3n) is 6.10. The van der Waals surface area contributed by atoms with Crippen LogP contribution in [0.2, 0.25) is 0 Å². The Morgan fingerprint density at radius 2 is 1.95 bits per heavy atom. The number of carbonyl (C=O) groups is 3. The van der Waals surface area contributed by atoms with Gasteiger partial charge in [-0.1, -0.05) is 30.3 Å². The summed E-state index contributed by atoms with van der Waals surface area (Å²) in [7, 11) is 0. The summed E-state index contributed by atoms with van der Waals surface area (Å²) in [5, 5.41) is 2.61. The highest BCUT2D eigenvalue weighted by atomic mass is 19.1. The Balaban J connectivity index is 1.26. The second-order valence-corrected chi connectivity index (χ2v) is 8.96. The summed E-state index contributed by atoms with van der Waals surface area (Å²) < 4.78 is 27.5. The van der Waals surface area contributed by atoms with Crippen LogP contribution in [0, 0.1) is 5.82 Å². The fraction of sp³-hybridized carbons (Fsp3) is 0.214. The number of carbonyl (C=O) groups excluding carboxylic acids is 3. The summed E-state index contributed by atoms with van der Waals surface area (Å²) in [6, 6.07) is 17.4. The number of esters is 1. The molecular weight excluding hydrogens is 491 g/mol. The van der Waals surface area contributed by atoms with Crippen LogP contribution in [-0.2, 0) is 32.1 Å². The highest BCUT2D eigenvalue weighted by Gasteiger charge is 2.32. The Kier molecular flexibility index (Phi) is 7.03. The number of hydrogen-bond donors (Lipinski definition) is 1. The number of aromatic nitrogens is 2. The first-order valence-electron chi connectivity index (χ1n) is 12.1. The van der Waals surface area contributed by atoms with Crippen molar-refractivity contribution in [3.8, 4) is 11.1 Å². The van der Waals surface area contributed by atoms with Crippen molar-refractivity contribution in [2.75, 3.05) is 18.0 Å². The molecule has 1 N–H and O–H groups in total. The number of fused-ring (bicyclic) bond motifs is 1. The van der Waals surface area contributed by atoms with Gasteiger partial charge in [0.2, 0.25) is 5.91 Å². The molecule has 38 heavy (non-hydrogen) atoms. The van der Waals surface area contributed by atoms with Crippen molar-refractivity contribution in [1.82, 2.24) is 14.7 Å². The number of nitrogens with zero attached hydrogens (tertiary/aromatic N) is 3. The predicted molar refractivity (Wildman–Crippen MR) is 137 cm³/mol. The number of ether oxygens (including phenoxy) is 2. The van der Waals surface area contributed by atoms with E-state index in [1.807, 2.05) is 30.3 Å². The zero-order chi connectivity index (χ0) is 26.6. The monoisotopic (exact) mass is 516 g/mol. The van der Waals surface area contributed by atoms with Crippen LogP contribution >= 0.6 is 0 Å². The van der Waals surface area contributed by atoms with E-state index in [1.165, 1.54) is 17.9 Å². The average Bonchev–Trinajstić information content (AvgIpc) is 3.48. The van der Waals surface area contributed by atoms with Gasteiger partial charge in [-0.05, 0) is 35.9 Å². The predicted octanol–water partition coefficient (Wildman–Crippen LogP) is 3.89. The van der Waals surface area contributed by atoms with Gasteiger partial charge < -0.3 is 19.2 Å². The van der Waals surface area contributed by atoms with E-state index in [9.17, 15) is 14.4 Å². The Labute approximate surface area is 217 Å². The minimum Gasteiger partial charge on any atom is -0.461 e. The third-order valence-corrected chi connectivity index (χ3v) is 6.10. The lowest BCUT2D eigenvalue weighted by Gasteiger charge is -2.14. The van der Waals surface area contributed by atoms with E-state index >= 15 is 4.39 Å². The molecule has 1 saturated heterocycles. The summed E-state index contributed by atoms with van der Waals surface area (Å²) in [5.41, 5.74) is 3.36. The van der Waals surface area contributed by atoms with E-state index < -0.39 is 18.0 Å². The molecule has 3 heterocycles. The number of cyclic esters (lactones) is 1. The first-order chi connectivity index (χ1) is 18.4. The first-order valence-corrected chi connectivity index (χ1v) is 12.1. The van der Waals surface area contributed by atoms with Crippen LogP contribution in [-0.4, -0.2) is 46.5 Å². The van der Waals surface area contributed by atoms with Gasteiger partial charge in [0.15, 0.2) is 0 Å². The summed E-state index contributed by atoms with van der Waals surface area (Å²) in [6.45, 7) is 1.97. The number of benzene rings is 2. The van der Waals surface area contributed by atoms with Crippen molar-refractivity contribution in [1.29, 1.82) is 0 Å². The van der Waals surface area contributed by atoms with Gasteiger partial charge in [0.25, 0.3) is 0 Å². The molecule has 10 heteroatoms. The fourth-order valence-electron chi connectivity index (χ4n) is 4.23.